The minimum absolute atomic E-state index is 0.0233. The molecule has 21 heteroatoms. The second kappa shape index (κ2) is 20.7. The monoisotopic (exact) mass is 692 g/mol. The molecule has 12 N–H and O–H groups in total. The predicted octanol–water partition coefficient (Wildman–Crippen LogP) is -4.26. The molecule has 0 rings (SSSR count). The summed E-state index contributed by atoms with van der Waals surface area (Å²) in [6, 6.07) is -4.93. The van der Waals surface area contributed by atoms with Crippen molar-refractivity contribution in [2.75, 3.05) is 24.6 Å². The van der Waals surface area contributed by atoms with E-state index in [1.807, 2.05) is 0 Å². The van der Waals surface area contributed by atoms with Gasteiger partial charge in [-0.05, 0) is 0 Å². The standard InChI is InChI=1S/C20H32N6O12S2Se/c21-9(19(35)36)1-3-13(27)25-11(17(33)23-5-15(29)30)7-39-41-40-8-12(18(34)24-6-16(31)32)26-14(28)4-2-10(22)20(37)38/h9-12H,1-8,21-22H2,(H,23,33)(H,24,34)(H,25,27)(H,26,28)(H,29,30)(H,31,32)(H,35,36)(H,37,38)/t9-,10-,11-,12-/m0/s1. The van der Waals surface area contributed by atoms with Crippen LogP contribution in [-0.2, 0) is 38.4 Å². The van der Waals surface area contributed by atoms with E-state index in [-0.39, 0.29) is 37.2 Å². The average Bonchev–Trinajstić information content (AvgIpc) is 2.89. The Morgan fingerprint density at radius 2 is 0.976 bits per heavy atom. The molecular weight excluding hydrogens is 659 g/mol. The molecule has 0 saturated heterocycles. The van der Waals surface area contributed by atoms with Gasteiger partial charge in [-0.3, -0.25) is 0 Å². The van der Waals surface area contributed by atoms with Crippen LogP contribution in [0.3, 0.4) is 0 Å². The molecule has 0 unspecified atom stereocenters. The fourth-order valence-electron chi connectivity index (χ4n) is 2.52. The molecule has 232 valence electrons. The van der Waals surface area contributed by atoms with Crippen molar-refractivity contribution in [3.63, 3.8) is 0 Å². The summed E-state index contributed by atoms with van der Waals surface area (Å²) in [6.07, 6.45) is -0.996. The zero-order valence-corrected chi connectivity index (χ0v) is 24.7. The third kappa shape index (κ3) is 18.8. The van der Waals surface area contributed by atoms with Crippen LogP contribution in [0.25, 0.3) is 0 Å². The molecule has 0 saturated carbocycles. The normalized spacial score (nSPS) is 13.5. The fraction of sp³-hybridized carbons (Fsp3) is 0.600. The van der Waals surface area contributed by atoms with Crippen molar-refractivity contribution in [3.8, 4) is 0 Å². The van der Waals surface area contributed by atoms with Crippen LogP contribution >= 0.6 is 20.4 Å². The van der Waals surface area contributed by atoms with E-state index in [1.165, 1.54) is 20.4 Å². The first-order valence-corrected chi connectivity index (χ1v) is 17.6. The van der Waals surface area contributed by atoms with E-state index in [0.717, 1.165) is 0 Å². The second-order valence-electron chi connectivity index (χ2n) is 8.07. The number of nitrogens with one attached hydrogen (secondary N) is 4. The van der Waals surface area contributed by atoms with E-state index in [0.29, 0.717) is 0 Å². The quantitative estimate of drug-likeness (QED) is 0.0379. The molecule has 0 aromatic rings. The summed E-state index contributed by atoms with van der Waals surface area (Å²) < 4.78 is 0. The zero-order chi connectivity index (χ0) is 31.5. The molecule has 4 atom stereocenters. The number of aliphatic carboxylic acids is 4. The Hall–Kier alpha value is -3.10. The van der Waals surface area contributed by atoms with Crippen LogP contribution in [0.4, 0.5) is 0 Å². The van der Waals surface area contributed by atoms with Gasteiger partial charge in [0, 0.05) is 0 Å². The number of carbonyl (C=O) groups is 8. The Morgan fingerprint density at radius 3 is 1.27 bits per heavy atom. The van der Waals surface area contributed by atoms with Gasteiger partial charge >= 0.3 is 247 Å². The van der Waals surface area contributed by atoms with Crippen molar-refractivity contribution in [3.05, 3.63) is 0 Å². The number of nitrogens with two attached hydrogens (primary N) is 2. The van der Waals surface area contributed by atoms with Crippen molar-refractivity contribution >= 4 is 80.6 Å². The van der Waals surface area contributed by atoms with Gasteiger partial charge < -0.3 is 0 Å². The molecule has 0 aliphatic rings. The van der Waals surface area contributed by atoms with Crippen molar-refractivity contribution in [1.29, 1.82) is 0 Å². The topological polar surface area (TPSA) is 318 Å². The number of carboxylic acids is 4. The Morgan fingerprint density at radius 1 is 0.634 bits per heavy atom. The summed E-state index contributed by atoms with van der Waals surface area (Å²) in [5, 5.41) is 44.3. The van der Waals surface area contributed by atoms with Gasteiger partial charge in [-0.25, -0.2) is 0 Å². The number of carbonyl (C=O) groups excluding carboxylic acids is 4. The van der Waals surface area contributed by atoms with Gasteiger partial charge in [0.25, 0.3) is 0 Å². The maximum absolute atomic E-state index is 12.4. The van der Waals surface area contributed by atoms with Crippen LogP contribution in [0.15, 0.2) is 0 Å². The van der Waals surface area contributed by atoms with E-state index < -0.39 is 97.5 Å². The third-order valence-corrected chi connectivity index (χ3v) is 11.8. The predicted molar refractivity (Wildman–Crippen MR) is 146 cm³/mol. The summed E-state index contributed by atoms with van der Waals surface area (Å²) in [5.41, 5.74) is 10.7. The first kappa shape index (κ1) is 37.9. The van der Waals surface area contributed by atoms with Crippen LogP contribution in [-0.4, -0.2) is 129 Å². The molecular formula is C20H32N6O12S2Se. The number of carboxylic acid groups (broad SMARTS) is 4. The van der Waals surface area contributed by atoms with E-state index in [2.05, 4.69) is 21.3 Å². The minimum atomic E-state index is -1.32. The van der Waals surface area contributed by atoms with Crippen molar-refractivity contribution in [1.82, 2.24) is 21.3 Å². The molecule has 0 fully saturated rings. The van der Waals surface area contributed by atoms with E-state index in [4.69, 9.17) is 31.9 Å². The van der Waals surface area contributed by atoms with Crippen LogP contribution < -0.4 is 32.7 Å². The van der Waals surface area contributed by atoms with Gasteiger partial charge in [-0.1, -0.05) is 0 Å². The summed E-state index contributed by atoms with van der Waals surface area (Å²) in [5.74, 6) is -8.25. The number of amides is 4. The molecule has 0 aromatic carbocycles. The molecule has 0 heterocycles. The maximum atomic E-state index is 12.4. The van der Waals surface area contributed by atoms with Crippen LogP contribution in [0.5, 0.6) is 0 Å². The molecule has 0 aliphatic heterocycles. The molecule has 0 bridgehead atoms. The summed E-state index contributed by atoms with van der Waals surface area (Å²) in [7, 11) is 2.33. The molecule has 18 nitrogen and oxygen atoms in total. The van der Waals surface area contributed by atoms with E-state index >= 15 is 0 Å². The van der Waals surface area contributed by atoms with Crippen LogP contribution in [0.1, 0.15) is 25.7 Å². The molecule has 4 amide bonds. The fourth-order valence-corrected chi connectivity index (χ4v) is 9.07. The summed E-state index contributed by atoms with van der Waals surface area (Å²) >= 11 is -0.427. The SMILES string of the molecule is N[C@@H](CCC(=O)N[C@@H](CS[Se]SC[C@H](NC(=O)CC[C@H](N)C(=O)O)C(=O)NCC(=O)O)C(=O)NCC(=O)O)C(=O)O. The number of rotatable bonds is 22. The molecule has 0 spiro atoms. The van der Waals surface area contributed by atoms with Gasteiger partial charge in [0.05, 0.1) is 0 Å². The van der Waals surface area contributed by atoms with Crippen molar-refractivity contribution in [2.24, 2.45) is 11.5 Å². The Bertz CT molecular complexity index is 901. The van der Waals surface area contributed by atoms with Crippen LogP contribution in [0, 0.1) is 0 Å². The first-order valence-electron chi connectivity index (χ1n) is 11.6. The summed E-state index contributed by atoms with van der Waals surface area (Å²) in [6.45, 7) is -1.41. The average molecular weight is 692 g/mol. The molecule has 0 aromatic heterocycles. The van der Waals surface area contributed by atoms with Crippen molar-refractivity contribution < 1.29 is 58.8 Å². The van der Waals surface area contributed by atoms with Gasteiger partial charge in [-0.2, -0.15) is 0 Å². The Labute approximate surface area is 246 Å². The second-order valence-corrected chi connectivity index (χ2v) is 15.3. The Kier molecular flexibility index (Phi) is 19.2. The third-order valence-electron chi connectivity index (χ3n) is 4.70. The summed E-state index contributed by atoms with van der Waals surface area (Å²) in [4.78, 5) is 92.3. The Balaban J connectivity index is 5.05. The van der Waals surface area contributed by atoms with E-state index in [1.54, 1.807) is 0 Å². The van der Waals surface area contributed by atoms with E-state index in [9.17, 15) is 38.4 Å². The number of hydrogen-bond acceptors (Lipinski definition) is 12. The van der Waals surface area contributed by atoms with Gasteiger partial charge in [0.15, 0.2) is 0 Å². The number of hydrogen-bond donors (Lipinski definition) is 10. The molecule has 0 radical (unpaired) electrons. The van der Waals surface area contributed by atoms with Gasteiger partial charge in [0.1, 0.15) is 0 Å². The van der Waals surface area contributed by atoms with Crippen LogP contribution in [0.2, 0.25) is 0 Å². The molecule has 41 heavy (non-hydrogen) atoms. The van der Waals surface area contributed by atoms with Crippen molar-refractivity contribution in [2.45, 2.75) is 49.9 Å². The van der Waals surface area contributed by atoms with Gasteiger partial charge in [0.2, 0.25) is 0 Å². The first-order chi connectivity index (χ1) is 19.1. The van der Waals surface area contributed by atoms with Gasteiger partial charge in [-0.15, -0.1) is 0 Å². The molecule has 0 aliphatic carbocycles. The zero-order valence-electron chi connectivity index (χ0n) is 21.4.